The Morgan fingerprint density at radius 1 is 1.54 bits per heavy atom. The molecule has 0 aromatic carbocycles. The lowest BCUT2D eigenvalue weighted by Gasteiger charge is -2.32. The van der Waals surface area contributed by atoms with Gasteiger partial charge in [-0.2, -0.15) is 0 Å². The molecule has 1 aliphatic heterocycles. The molecule has 0 aromatic rings. The van der Waals surface area contributed by atoms with Gasteiger partial charge in [-0.25, -0.2) is 0 Å². The van der Waals surface area contributed by atoms with E-state index in [0.717, 1.165) is 6.54 Å². The molecule has 1 heterocycles. The van der Waals surface area contributed by atoms with E-state index in [0.29, 0.717) is 12.5 Å². The highest BCUT2D eigenvalue weighted by Gasteiger charge is 2.18. The van der Waals surface area contributed by atoms with Crippen molar-refractivity contribution >= 4 is 5.91 Å². The molecule has 0 radical (unpaired) electrons. The summed E-state index contributed by atoms with van der Waals surface area (Å²) in [6, 6.07) is 0.559. The molecule has 3 nitrogen and oxygen atoms in total. The van der Waals surface area contributed by atoms with Crippen molar-refractivity contribution in [2.24, 2.45) is 0 Å². The number of carbonyl (C=O) groups excluding carboxylic acids is 1. The van der Waals surface area contributed by atoms with Gasteiger partial charge in [0.2, 0.25) is 5.91 Å². The molecule has 3 heteroatoms. The Balaban J connectivity index is 2.22. The van der Waals surface area contributed by atoms with E-state index in [1.54, 1.807) is 0 Å². The highest BCUT2D eigenvalue weighted by Crippen LogP contribution is 2.13. The number of likely N-dealkylation sites (tertiary alicyclic amines) is 1. The second kappa shape index (κ2) is 5.22. The first kappa shape index (κ1) is 10.5. The van der Waals surface area contributed by atoms with Crippen LogP contribution in [-0.4, -0.2) is 37.0 Å². The highest BCUT2D eigenvalue weighted by molar-refractivity contribution is 5.75. The summed E-state index contributed by atoms with van der Waals surface area (Å²) in [6.07, 6.45) is 4.42. The van der Waals surface area contributed by atoms with Gasteiger partial charge in [0.25, 0.3) is 0 Å². The standard InChI is InChI=1S/C10H20N2O/c1-3-10(13)11-8-9-6-4-5-7-12(9)2/h9H,3-8H2,1-2H3,(H,11,13). The third kappa shape index (κ3) is 3.35. The summed E-state index contributed by atoms with van der Waals surface area (Å²) in [6.45, 7) is 3.88. The van der Waals surface area contributed by atoms with Crippen LogP contribution in [0.3, 0.4) is 0 Å². The molecule has 1 fully saturated rings. The maximum Gasteiger partial charge on any atom is 0.219 e. The molecule has 0 saturated carbocycles. The third-order valence-corrected chi connectivity index (χ3v) is 2.78. The zero-order valence-corrected chi connectivity index (χ0v) is 8.68. The van der Waals surface area contributed by atoms with Crippen molar-refractivity contribution < 1.29 is 4.79 Å². The molecular formula is C10H20N2O. The van der Waals surface area contributed by atoms with E-state index in [9.17, 15) is 4.79 Å². The number of hydrogen-bond acceptors (Lipinski definition) is 2. The van der Waals surface area contributed by atoms with Crippen LogP contribution in [0.2, 0.25) is 0 Å². The van der Waals surface area contributed by atoms with Crippen molar-refractivity contribution in [3.05, 3.63) is 0 Å². The Morgan fingerprint density at radius 2 is 2.31 bits per heavy atom. The van der Waals surface area contributed by atoms with Gasteiger partial charge in [0.1, 0.15) is 0 Å². The van der Waals surface area contributed by atoms with Crippen LogP contribution in [0.1, 0.15) is 32.6 Å². The molecule has 0 aliphatic carbocycles. The molecule has 0 bridgehead atoms. The van der Waals surface area contributed by atoms with Crippen LogP contribution in [0.15, 0.2) is 0 Å². The number of nitrogens with one attached hydrogen (secondary N) is 1. The summed E-state index contributed by atoms with van der Waals surface area (Å²) in [5, 5.41) is 2.95. The Morgan fingerprint density at radius 3 is 2.92 bits per heavy atom. The minimum absolute atomic E-state index is 0.166. The van der Waals surface area contributed by atoms with E-state index < -0.39 is 0 Å². The lowest BCUT2D eigenvalue weighted by Crippen LogP contribution is -2.44. The van der Waals surface area contributed by atoms with Gasteiger partial charge < -0.3 is 10.2 Å². The minimum atomic E-state index is 0.166. The molecule has 1 amide bonds. The Hall–Kier alpha value is -0.570. The third-order valence-electron chi connectivity index (χ3n) is 2.78. The second-order valence-electron chi connectivity index (χ2n) is 3.79. The summed E-state index contributed by atoms with van der Waals surface area (Å²) in [5.74, 6) is 0.166. The number of piperidine rings is 1. The first-order chi connectivity index (χ1) is 6.24. The summed E-state index contributed by atoms with van der Waals surface area (Å²) in [7, 11) is 2.14. The molecule has 0 aromatic heterocycles. The molecule has 13 heavy (non-hydrogen) atoms. The highest BCUT2D eigenvalue weighted by atomic mass is 16.1. The second-order valence-corrected chi connectivity index (χ2v) is 3.79. The monoisotopic (exact) mass is 184 g/mol. The Labute approximate surface area is 80.5 Å². The van der Waals surface area contributed by atoms with Gasteiger partial charge >= 0.3 is 0 Å². The fourth-order valence-corrected chi connectivity index (χ4v) is 1.76. The average Bonchev–Trinajstić information content (AvgIpc) is 2.16. The number of amides is 1. The summed E-state index contributed by atoms with van der Waals surface area (Å²) < 4.78 is 0. The topological polar surface area (TPSA) is 32.3 Å². The van der Waals surface area contributed by atoms with Crippen molar-refractivity contribution in [3.8, 4) is 0 Å². The van der Waals surface area contributed by atoms with Crippen LogP contribution in [0.5, 0.6) is 0 Å². The van der Waals surface area contributed by atoms with E-state index in [-0.39, 0.29) is 5.91 Å². The zero-order chi connectivity index (χ0) is 9.68. The van der Waals surface area contributed by atoms with Crippen LogP contribution in [0.4, 0.5) is 0 Å². The van der Waals surface area contributed by atoms with E-state index in [1.807, 2.05) is 6.92 Å². The lowest BCUT2D eigenvalue weighted by atomic mass is 10.0. The smallest absolute Gasteiger partial charge is 0.219 e. The van der Waals surface area contributed by atoms with Crippen LogP contribution < -0.4 is 5.32 Å². The Bertz CT molecular complexity index is 170. The van der Waals surface area contributed by atoms with Crippen molar-refractivity contribution in [3.63, 3.8) is 0 Å². The molecule has 0 spiro atoms. The maximum atomic E-state index is 11.0. The molecular weight excluding hydrogens is 164 g/mol. The first-order valence-electron chi connectivity index (χ1n) is 5.21. The fourth-order valence-electron chi connectivity index (χ4n) is 1.76. The summed E-state index contributed by atoms with van der Waals surface area (Å²) in [4.78, 5) is 13.4. The van der Waals surface area contributed by atoms with E-state index in [2.05, 4.69) is 17.3 Å². The molecule has 1 saturated heterocycles. The van der Waals surface area contributed by atoms with Crippen LogP contribution in [0, 0.1) is 0 Å². The largest absolute Gasteiger partial charge is 0.355 e. The average molecular weight is 184 g/mol. The van der Waals surface area contributed by atoms with Crippen molar-refractivity contribution in [2.45, 2.75) is 38.6 Å². The molecule has 1 atom stereocenters. The number of likely N-dealkylation sites (N-methyl/N-ethyl adjacent to an activating group) is 1. The fraction of sp³-hybridized carbons (Fsp3) is 0.900. The number of rotatable bonds is 3. The van der Waals surface area contributed by atoms with E-state index in [1.165, 1.54) is 25.8 Å². The van der Waals surface area contributed by atoms with Gasteiger partial charge in [-0.3, -0.25) is 4.79 Å². The molecule has 76 valence electrons. The molecule has 1 rings (SSSR count). The number of hydrogen-bond donors (Lipinski definition) is 1. The van der Waals surface area contributed by atoms with Crippen LogP contribution >= 0.6 is 0 Å². The summed E-state index contributed by atoms with van der Waals surface area (Å²) in [5.41, 5.74) is 0. The van der Waals surface area contributed by atoms with E-state index in [4.69, 9.17) is 0 Å². The van der Waals surface area contributed by atoms with Gasteiger partial charge in [0.15, 0.2) is 0 Å². The van der Waals surface area contributed by atoms with Crippen molar-refractivity contribution in [2.75, 3.05) is 20.1 Å². The van der Waals surface area contributed by atoms with Gasteiger partial charge in [-0.05, 0) is 26.4 Å². The number of nitrogens with zero attached hydrogens (tertiary/aromatic N) is 1. The van der Waals surface area contributed by atoms with E-state index >= 15 is 0 Å². The normalized spacial score (nSPS) is 24.3. The first-order valence-corrected chi connectivity index (χ1v) is 5.21. The zero-order valence-electron chi connectivity index (χ0n) is 8.68. The summed E-state index contributed by atoms with van der Waals surface area (Å²) >= 11 is 0. The molecule has 1 N–H and O–H groups in total. The molecule has 1 aliphatic rings. The van der Waals surface area contributed by atoms with Gasteiger partial charge in [-0.15, -0.1) is 0 Å². The van der Waals surface area contributed by atoms with Gasteiger partial charge in [0.05, 0.1) is 0 Å². The minimum Gasteiger partial charge on any atom is -0.355 e. The molecule has 1 unspecified atom stereocenters. The van der Waals surface area contributed by atoms with Crippen molar-refractivity contribution in [1.29, 1.82) is 0 Å². The Kier molecular flexibility index (Phi) is 4.22. The predicted octanol–water partition coefficient (Wildman–Crippen LogP) is 0.997. The SMILES string of the molecule is CCC(=O)NCC1CCCCN1C. The van der Waals surface area contributed by atoms with Crippen LogP contribution in [0.25, 0.3) is 0 Å². The maximum absolute atomic E-state index is 11.0. The van der Waals surface area contributed by atoms with Gasteiger partial charge in [-0.1, -0.05) is 13.3 Å². The van der Waals surface area contributed by atoms with Crippen molar-refractivity contribution in [1.82, 2.24) is 10.2 Å². The number of carbonyl (C=O) groups is 1. The van der Waals surface area contributed by atoms with Gasteiger partial charge in [0, 0.05) is 19.0 Å². The predicted molar refractivity (Wildman–Crippen MR) is 53.6 cm³/mol. The van der Waals surface area contributed by atoms with Crippen LogP contribution in [-0.2, 0) is 4.79 Å². The lowest BCUT2D eigenvalue weighted by molar-refractivity contribution is -0.121. The quantitative estimate of drug-likeness (QED) is 0.709.